The van der Waals surface area contributed by atoms with E-state index in [-0.39, 0.29) is 0 Å². The molecular weight excluding hydrogens is 218 g/mol. The van der Waals surface area contributed by atoms with Crippen LogP contribution in [0.4, 0.5) is 0 Å². The second-order valence-corrected chi connectivity index (χ2v) is 5.76. The zero-order valence-corrected chi connectivity index (χ0v) is 12.1. The molecule has 0 bridgehead atoms. The Bertz CT molecular complexity index is 372. The van der Waals surface area contributed by atoms with Crippen LogP contribution in [0.25, 0.3) is 0 Å². The van der Waals surface area contributed by atoms with Crippen LogP contribution in [-0.2, 0) is 6.42 Å². The molecule has 100 valence electrons. The van der Waals surface area contributed by atoms with Gasteiger partial charge < -0.3 is 5.32 Å². The van der Waals surface area contributed by atoms with E-state index in [2.05, 4.69) is 50.4 Å². The van der Waals surface area contributed by atoms with E-state index >= 15 is 0 Å². The molecule has 1 aliphatic rings. The van der Waals surface area contributed by atoms with Crippen LogP contribution in [-0.4, -0.2) is 12.6 Å². The van der Waals surface area contributed by atoms with Gasteiger partial charge >= 0.3 is 0 Å². The smallest absolute Gasteiger partial charge is 0.0165 e. The first-order chi connectivity index (χ1) is 8.77. The van der Waals surface area contributed by atoms with Crippen LogP contribution >= 0.6 is 0 Å². The lowest BCUT2D eigenvalue weighted by molar-refractivity contribution is 0.290. The summed E-state index contributed by atoms with van der Waals surface area (Å²) in [6, 6.07) is 9.63. The third-order valence-electron chi connectivity index (χ3n) is 4.31. The fourth-order valence-electron chi connectivity index (χ4n) is 3.30. The molecule has 1 nitrogen and oxygen atoms in total. The van der Waals surface area contributed by atoms with Crippen molar-refractivity contribution in [1.82, 2.24) is 5.32 Å². The van der Waals surface area contributed by atoms with Crippen molar-refractivity contribution >= 4 is 0 Å². The lowest BCUT2D eigenvalue weighted by Crippen LogP contribution is -2.44. The molecule has 0 heterocycles. The molecule has 0 spiro atoms. The third-order valence-corrected chi connectivity index (χ3v) is 4.31. The molecule has 1 heteroatoms. The Hall–Kier alpha value is -0.820. The van der Waals surface area contributed by atoms with Gasteiger partial charge in [0.05, 0.1) is 0 Å². The molecule has 0 amide bonds. The van der Waals surface area contributed by atoms with Crippen molar-refractivity contribution in [3.63, 3.8) is 0 Å². The lowest BCUT2D eigenvalue weighted by atomic mass is 9.70. The zero-order chi connectivity index (χ0) is 13.0. The number of benzene rings is 1. The molecule has 18 heavy (non-hydrogen) atoms. The van der Waals surface area contributed by atoms with E-state index in [0.717, 1.165) is 18.4 Å². The van der Waals surface area contributed by atoms with Gasteiger partial charge in [-0.25, -0.2) is 0 Å². The van der Waals surface area contributed by atoms with Crippen molar-refractivity contribution in [2.75, 3.05) is 6.54 Å². The highest BCUT2D eigenvalue weighted by atomic mass is 14.9. The topological polar surface area (TPSA) is 12.0 Å². The SMILES string of the molecule is CCCNC(C(C)CCC)C1Cc2ccccc21. The first-order valence-corrected chi connectivity index (χ1v) is 7.59. The summed E-state index contributed by atoms with van der Waals surface area (Å²) in [5.41, 5.74) is 3.16. The van der Waals surface area contributed by atoms with Crippen molar-refractivity contribution in [3.05, 3.63) is 35.4 Å². The first-order valence-electron chi connectivity index (χ1n) is 7.59. The molecule has 0 radical (unpaired) electrons. The molecule has 0 saturated heterocycles. The third kappa shape index (κ3) is 2.77. The number of hydrogen-bond acceptors (Lipinski definition) is 1. The van der Waals surface area contributed by atoms with E-state index in [0.29, 0.717) is 6.04 Å². The molecule has 1 aromatic rings. The maximum atomic E-state index is 3.80. The fraction of sp³-hybridized carbons (Fsp3) is 0.647. The average Bonchev–Trinajstić information content (AvgIpc) is 2.35. The van der Waals surface area contributed by atoms with Crippen LogP contribution < -0.4 is 5.32 Å². The van der Waals surface area contributed by atoms with Gasteiger partial charge in [0.2, 0.25) is 0 Å². The second kappa shape index (κ2) is 6.38. The molecule has 0 aromatic heterocycles. The molecule has 0 aliphatic heterocycles. The highest BCUT2D eigenvalue weighted by molar-refractivity contribution is 5.41. The van der Waals surface area contributed by atoms with E-state index in [9.17, 15) is 0 Å². The van der Waals surface area contributed by atoms with E-state index in [4.69, 9.17) is 0 Å². The van der Waals surface area contributed by atoms with Crippen LogP contribution in [0.2, 0.25) is 0 Å². The monoisotopic (exact) mass is 245 g/mol. The summed E-state index contributed by atoms with van der Waals surface area (Å²) in [6.45, 7) is 8.11. The molecule has 1 N–H and O–H groups in total. The van der Waals surface area contributed by atoms with Crippen molar-refractivity contribution in [2.24, 2.45) is 5.92 Å². The van der Waals surface area contributed by atoms with E-state index in [1.54, 1.807) is 11.1 Å². The van der Waals surface area contributed by atoms with Crippen LogP contribution in [0.3, 0.4) is 0 Å². The van der Waals surface area contributed by atoms with Crippen LogP contribution in [0.1, 0.15) is 57.1 Å². The van der Waals surface area contributed by atoms with Gasteiger partial charge in [0.25, 0.3) is 0 Å². The number of fused-ring (bicyclic) bond motifs is 1. The quantitative estimate of drug-likeness (QED) is 0.761. The summed E-state index contributed by atoms with van der Waals surface area (Å²) in [6.07, 6.45) is 5.12. The Morgan fingerprint density at radius 2 is 2.00 bits per heavy atom. The Kier molecular flexibility index (Phi) is 4.82. The van der Waals surface area contributed by atoms with Crippen molar-refractivity contribution in [2.45, 2.75) is 58.4 Å². The van der Waals surface area contributed by atoms with Crippen molar-refractivity contribution in [1.29, 1.82) is 0 Å². The van der Waals surface area contributed by atoms with Crippen molar-refractivity contribution in [3.8, 4) is 0 Å². The Labute approximate surface area is 112 Å². The van der Waals surface area contributed by atoms with Gasteiger partial charge in [-0.1, -0.05) is 51.5 Å². The van der Waals surface area contributed by atoms with Crippen molar-refractivity contribution < 1.29 is 0 Å². The summed E-state index contributed by atoms with van der Waals surface area (Å²) in [4.78, 5) is 0. The highest BCUT2D eigenvalue weighted by Crippen LogP contribution is 2.40. The molecule has 0 saturated carbocycles. The average molecular weight is 245 g/mol. The Morgan fingerprint density at radius 3 is 2.67 bits per heavy atom. The summed E-state index contributed by atoms with van der Waals surface area (Å²) in [5.74, 6) is 1.52. The summed E-state index contributed by atoms with van der Waals surface area (Å²) < 4.78 is 0. The second-order valence-electron chi connectivity index (χ2n) is 5.76. The van der Waals surface area contributed by atoms with Crippen LogP contribution in [0.15, 0.2) is 24.3 Å². The predicted octanol–water partition coefficient (Wildman–Crippen LogP) is 4.13. The first kappa shape index (κ1) is 13.6. The minimum absolute atomic E-state index is 0.666. The molecule has 3 atom stereocenters. The summed E-state index contributed by atoms with van der Waals surface area (Å²) >= 11 is 0. The van der Waals surface area contributed by atoms with Crippen LogP contribution in [0.5, 0.6) is 0 Å². The molecule has 3 unspecified atom stereocenters. The molecular formula is C17H27N. The summed E-state index contributed by atoms with van der Waals surface area (Å²) in [5, 5.41) is 3.80. The number of hydrogen-bond donors (Lipinski definition) is 1. The van der Waals surface area contributed by atoms with E-state index < -0.39 is 0 Å². The standard InChI is InChI=1S/C17H27N/c1-4-8-13(3)17(18-11-5-2)16-12-14-9-6-7-10-15(14)16/h6-7,9-10,13,16-18H,4-5,8,11-12H2,1-3H3. The van der Waals surface area contributed by atoms with Gasteiger partial charge in [-0.15, -0.1) is 0 Å². The Morgan fingerprint density at radius 1 is 1.22 bits per heavy atom. The highest BCUT2D eigenvalue weighted by Gasteiger charge is 2.34. The number of rotatable bonds is 7. The van der Waals surface area contributed by atoms with Gasteiger partial charge in [0.1, 0.15) is 0 Å². The van der Waals surface area contributed by atoms with E-state index in [1.807, 2.05) is 0 Å². The molecule has 2 rings (SSSR count). The lowest BCUT2D eigenvalue weighted by Gasteiger charge is -2.40. The van der Waals surface area contributed by atoms with Gasteiger partial charge in [-0.3, -0.25) is 0 Å². The normalized spacial score (nSPS) is 20.9. The summed E-state index contributed by atoms with van der Waals surface area (Å²) in [7, 11) is 0. The minimum Gasteiger partial charge on any atom is -0.313 e. The predicted molar refractivity (Wildman–Crippen MR) is 79.0 cm³/mol. The molecule has 1 aliphatic carbocycles. The zero-order valence-electron chi connectivity index (χ0n) is 12.1. The maximum absolute atomic E-state index is 3.80. The van der Waals surface area contributed by atoms with Gasteiger partial charge in [0, 0.05) is 12.0 Å². The van der Waals surface area contributed by atoms with Crippen LogP contribution in [0, 0.1) is 5.92 Å². The van der Waals surface area contributed by atoms with Gasteiger partial charge in [-0.2, -0.15) is 0 Å². The molecule has 0 fully saturated rings. The van der Waals surface area contributed by atoms with Gasteiger partial charge in [0.15, 0.2) is 0 Å². The minimum atomic E-state index is 0.666. The van der Waals surface area contributed by atoms with Gasteiger partial charge in [-0.05, 0) is 42.9 Å². The maximum Gasteiger partial charge on any atom is 0.0165 e. The molecule has 1 aromatic carbocycles. The largest absolute Gasteiger partial charge is 0.313 e. The number of nitrogens with one attached hydrogen (secondary N) is 1. The van der Waals surface area contributed by atoms with E-state index in [1.165, 1.54) is 25.7 Å². The fourth-order valence-corrected chi connectivity index (χ4v) is 3.30. The Balaban J connectivity index is 2.06.